The van der Waals surface area contributed by atoms with Crippen molar-refractivity contribution < 1.29 is 9.53 Å². The molecule has 1 saturated heterocycles. The van der Waals surface area contributed by atoms with Crippen molar-refractivity contribution in [2.24, 2.45) is 13.0 Å². The number of hydrogen-bond donors (Lipinski definition) is 2. The normalized spacial score (nSPS) is 19.2. The smallest absolute Gasteiger partial charge is 0.225 e. The van der Waals surface area contributed by atoms with Gasteiger partial charge in [-0.25, -0.2) is 0 Å². The maximum Gasteiger partial charge on any atom is 0.225 e. The number of hydrogen-bond acceptors (Lipinski definition) is 4. The summed E-state index contributed by atoms with van der Waals surface area (Å²) < 4.78 is 7.18. The molecule has 1 aliphatic heterocycles. The van der Waals surface area contributed by atoms with Crippen LogP contribution in [-0.4, -0.2) is 35.4 Å². The van der Waals surface area contributed by atoms with Crippen LogP contribution in [0.1, 0.15) is 29.5 Å². The van der Waals surface area contributed by atoms with Gasteiger partial charge in [-0.2, -0.15) is 5.10 Å². The second-order valence-corrected chi connectivity index (χ2v) is 6.49. The van der Waals surface area contributed by atoms with E-state index in [-0.39, 0.29) is 30.2 Å². The third-order valence-corrected chi connectivity index (χ3v) is 4.67. The van der Waals surface area contributed by atoms with Crippen LogP contribution >= 0.6 is 12.4 Å². The number of aryl methyl sites for hydroxylation is 1. The number of ether oxygens (including phenoxy) is 1. The molecule has 0 radical (unpaired) electrons. The van der Waals surface area contributed by atoms with Gasteiger partial charge in [0.2, 0.25) is 5.91 Å². The van der Waals surface area contributed by atoms with Gasteiger partial charge >= 0.3 is 0 Å². The van der Waals surface area contributed by atoms with Crippen molar-refractivity contribution in [3.8, 4) is 0 Å². The topological polar surface area (TPSA) is 68.2 Å². The second kappa shape index (κ2) is 9.71. The third kappa shape index (κ3) is 5.06. The van der Waals surface area contributed by atoms with Crippen LogP contribution in [0.3, 0.4) is 0 Å². The van der Waals surface area contributed by atoms with E-state index in [9.17, 15) is 4.79 Å². The number of nitrogens with zero attached hydrogens (tertiary/aromatic N) is 2. The van der Waals surface area contributed by atoms with Gasteiger partial charge in [0.1, 0.15) is 0 Å². The minimum absolute atomic E-state index is 0. The Morgan fingerprint density at radius 2 is 2.04 bits per heavy atom. The molecule has 1 aromatic carbocycles. The monoisotopic (exact) mass is 378 g/mol. The highest BCUT2D eigenvalue weighted by Crippen LogP contribution is 2.27. The fourth-order valence-corrected chi connectivity index (χ4v) is 3.23. The number of amides is 1. The lowest BCUT2D eigenvalue weighted by molar-refractivity contribution is -0.125. The van der Waals surface area contributed by atoms with Gasteiger partial charge in [0.25, 0.3) is 0 Å². The SMILES string of the molecule is CCOCc1ccc(CNC(=O)[C@H]2CNC[C@@H]2c2cnn(C)c2)cc1.Cl. The first-order valence-corrected chi connectivity index (χ1v) is 8.80. The highest BCUT2D eigenvalue weighted by molar-refractivity contribution is 5.85. The van der Waals surface area contributed by atoms with E-state index in [2.05, 4.69) is 15.7 Å². The van der Waals surface area contributed by atoms with E-state index in [1.165, 1.54) is 0 Å². The van der Waals surface area contributed by atoms with E-state index >= 15 is 0 Å². The van der Waals surface area contributed by atoms with Gasteiger partial charge in [-0.15, -0.1) is 12.4 Å². The molecule has 3 rings (SSSR count). The van der Waals surface area contributed by atoms with Crippen molar-refractivity contribution in [2.45, 2.75) is 26.0 Å². The molecule has 2 N–H and O–H groups in total. The number of aromatic nitrogens is 2. The summed E-state index contributed by atoms with van der Waals surface area (Å²) in [6, 6.07) is 8.18. The summed E-state index contributed by atoms with van der Waals surface area (Å²) in [6.07, 6.45) is 3.85. The molecule has 0 aliphatic carbocycles. The van der Waals surface area contributed by atoms with Crippen molar-refractivity contribution in [3.63, 3.8) is 0 Å². The molecule has 142 valence electrons. The average molecular weight is 379 g/mol. The summed E-state index contributed by atoms with van der Waals surface area (Å²) in [6.45, 7) is 5.40. The fourth-order valence-electron chi connectivity index (χ4n) is 3.23. The lowest BCUT2D eigenvalue weighted by Gasteiger charge is -2.17. The minimum Gasteiger partial charge on any atom is -0.377 e. The molecule has 0 unspecified atom stereocenters. The van der Waals surface area contributed by atoms with E-state index in [1.807, 2.05) is 50.6 Å². The largest absolute Gasteiger partial charge is 0.377 e. The average Bonchev–Trinajstić information content (AvgIpc) is 3.27. The van der Waals surface area contributed by atoms with Gasteiger partial charge in [-0.05, 0) is 23.6 Å². The lowest BCUT2D eigenvalue weighted by Crippen LogP contribution is -2.33. The van der Waals surface area contributed by atoms with Crippen LogP contribution in [-0.2, 0) is 29.7 Å². The molecule has 1 fully saturated rings. The van der Waals surface area contributed by atoms with E-state index in [0.29, 0.717) is 26.3 Å². The van der Waals surface area contributed by atoms with Crippen LogP contribution < -0.4 is 10.6 Å². The molecule has 7 heteroatoms. The molecule has 0 spiro atoms. The maximum atomic E-state index is 12.6. The molecular formula is C19H27ClN4O2. The molecule has 0 saturated carbocycles. The molecule has 0 bridgehead atoms. The van der Waals surface area contributed by atoms with E-state index in [1.54, 1.807) is 4.68 Å². The molecule has 26 heavy (non-hydrogen) atoms. The van der Waals surface area contributed by atoms with E-state index in [4.69, 9.17) is 4.74 Å². The molecule has 1 aliphatic rings. The van der Waals surface area contributed by atoms with Crippen molar-refractivity contribution >= 4 is 18.3 Å². The summed E-state index contributed by atoms with van der Waals surface area (Å²) >= 11 is 0. The summed E-state index contributed by atoms with van der Waals surface area (Å²) in [7, 11) is 1.90. The fraction of sp³-hybridized carbons (Fsp3) is 0.474. The van der Waals surface area contributed by atoms with Crippen molar-refractivity contribution in [2.75, 3.05) is 19.7 Å². The number of halogens is 1. The standard InChI is InChI=1S/C19H26N4O2.ClH/c1-3-25-13-15-6-4-14(5-7-15)8-21-19(24)18-11-20-10-17(18)16-9-22-23(2)12-16;/h4-7,9,12,17-18,20H,3,8,10-11,13H2,1-2H3,(H,21,24);1H/t17-,18+;/m1./s1. The number of nitrogens with one attached hydrogen (secondary N) is 2. The molecule has 2 aromatic rings. The third-order valence-electron chi connectivity index (χ3n) is 4.67. The lowest BCUT2D eigenvalue weighted by atomic mass is 9.90. The quantitative estimate of drug-likeness (QED) is 0.773. The van der Waals surface area contributed by atoms with Gasteiger partial charge in [-0.1, -0.05) is 24.3 Å². The van der Waals surface area contributed by atoms with Gasteiger partial charge in [0, 0.05) is 45.4 Å². The first kappa shape index (κ1) is 20.4. The van der Waals surface area contributed by atoms with Crippen LogP contribution in [0.15, 0.2) is 36.7 Å². The Morgan fingerprint density at radius 1 is 1.31 bits per heavy atom. The first-order valence-electron chi connectivity index (χ1n) is 8.80. The summed E-state index contributed by atoms with van der Waals surface area (Å²) in [5.74, 6) is 0.223. The van der Waals surface area contributed by atoms with Crippen LogP contribution in [0, 0.1) is 5.92 Å². The number of carbonyl (C=O) groups is 1. The molecule has 1 amide bonds. The van der Waals surface area contributed by atoms with Gasteiger partial charge < -0.3 is 15.4 Å². The van der Waals surface area contributed by atoms with Gasteiger partial charge in [0.15, 0.2) is 0 Å². The summed E-state index contributed by atoms with van der Waals surface area (Å²) in [4.78, 5) is 12.6. The Kier molecular flexibility index (Phi) is 7.63. The highest BCUT2D eigenvalue weighted by Gasteiger charge is 2.34. The van der Waals surface area contributed by atoms with Crippen LogP contribution in [0.5, 0.6) is 0 Å². The van der Waals surface area contributed by atoms with E-state index < -0.39 is 0 Å². The molecular weight excluding hydrogens is 352 g/mol. The second-order valence-electron chi connectivity index (χ2n) is 6.49. The van der Waals surface area contributed by atoms with Crippen molar-refractivity contribution in [3.05, 3.63) is 53.3 Å². The maximum absolute atomic E-state index is 12.6. The molecule has 2 heterocycles. The number of benzene rings is 1. The number of rotatable bonds is 7. The van der Waals surface area contributed by atoms with E-state index in [0.717, 1.165) is 23.2 Å². The van der Waals surface area contributed by atoms with Crippen LogP contribution in [0.2, 0.25) is 0 Å². The zero-order valence-corrected chi connectivity index (χ0v) is 16.1. The molecule has 2 atom stereocenters. The Bertz CT molecular complexity index is 702. The van der Waals surface area contributed by atoms with Gasteiger partial charge in [-0.3, -0.25) is 9.48 Å². The zero-order chi connectivity index (χ0) is 17.6. The predicted molar refractivity (Wildman–Crippen MR) is 103 cm³/mol. The summed E-state index contributed by atoms with van der Waals surface area (Å²) in [5, 5.41) is 10.6. The number of carbonyl (C=O) groups excluding carboxylic acids is 1. The Labute approximate surface area is 160 Å². The highest BCUT2D eigenvalue weighted by atomic mass is 35.5. The Morgan fingerprint density at radius 3 is 2.69 bits per heavy atom. The first-order chi connectivity index (χ1) is 12.2. The van der Waals surface area contributed by atoms with Crippen LogP contribution in [0.4, 0.5) is 0 Å². The molecule has 6 nitrogen and oxygen atoms in total. The predicted octanol–water partition coefficient (Wildman–Crippen LogP) is 2.00. The molecule has 1 aromatic heterocycles. The zero-order valence-electron chi connectivity index (χ0n) is 15.3. The Hall–Kier alpha value is -1.89. The summed E-state index contributed by atoms with van der Waals surface area (Å²) in [5.41, 5.74) is 3.36. The Balaban J connectivity index is 0.00000243. The van der Waals surface area contributed by atoms with Crippen LogP contribution in [0.25, 0.3) is 0 Å². The minimum atomic E-state index is -0.0542. The van der Waals surface area contributed by atoms with Crippen molar-refractivity contribution in [1.82, 2.24) is 20.4 Å². The van der Waals surface area contributed by atoms with Crippen molar-refractivity contribution in [1.29, 1.82) is 0 Å². The van der Waals surface area contributed by atoms with Gasteiger partial charge in [0.05, 0.1) is 18.7 Å².